The zero-order valence-corrected chi connectivity index (χ0v) is 10.8. The Balaban J connectivity index is 3.22. The normalized spacial score (nSPS) is 12.0. The lowest BCUT2D eigenvalue weighted by molar-refractivity contribution is -0.189. The fraction of sp³-hybridized carbons (Fsp3) is 0.333. The highest BCUT2D eigenvalue weighted by atomic mass is 19.4. The molecule has 0 bridgehead atoms. The first kappa shape index (κ1) is 16.9. The van der Waals surface area contributed by atoms with Crippen LogP contribution in [0.5, 0.6) is 11.5 Å². The molecule has 0 aromatic heterocycles. The summed E-state index contributed by atoms with van der Waals surface area (Å²) in [6.45, 7) is 0. The van der Waals surface area contributed by atoms with Gasteiger partial charge in [0.05, 0.1) is 14.2 Å². The zero-order chi connectivity index (χ0) is 16.4. The Labute approximate surface area is 115 Å². The molecule has 0 aliphatic carbocycles. The molecular weight excluding hydrogens is 303 g/mol. The molecule has 4 nitrogen and oxygen atoms in total. The Kier molecular flexibility index (Phi) is 4.55. The molecule has 0 radical (unpaired) electrons. The average molecular weight is 312 g/mol. The first-order valence-electron chi connectivity index (χ1n) is 5.32. The van der Waals surface area contributed by atoms with E-state index in [-0.39, 0.29) is 11.5 Å². The number of benzene rings is 1. The number of methoxy groups -OCH3 is 2. The Morgan fingerprint density at radius 2 is 1.48 bits per heavy atom. The maximum atomic E-state index is 13.3. The topological polar surface area (TPSA) is 52.6 Å². The van der Waals surface area contributed by atoms with Gasteiger partial charge in [0.1, 0.15) is 0 Å². The van der Waals surface area contributed by atoms with Gasteiger partial charge in [-0.05, 0) is 18.2 Å². The number of carbonyl (C=O) groups excluding carboxylic acids is 2. The van der Waals surface area contributed by atoms with Gasteiger partial charge in [-0.2, -0.15) is 22.0 Å². The van der Waals surface area contributed by atoms with Crippen molar-refractivity contribution in [3.63, 3.8) is 0 Å². The van der Waals surface area contributed by atoms with Gasteiger partial charge in [-0.25, -0.2) is 0 Å². The number of carbonyl (C=O) groups is 2. The van der Waals surface area contributed by atoms with Crippen LogP contribution in [0.4, 0.5) is 22.0 Å². The molecule has 0 N–H and O–H groups in total. The number of hydrogen-bond acceptors (Lipinski definition) is 4. The van der Waals surface area contributed by atoms with Crippen molar-refractivity contribution in [2.75, 3.05) is 14.2 Å². The Bertz CT molecular complexity index is 565. The lowest BCUT2D eigenvalue weighted by atomic mass is 10.0. The molecule has 0 atom stereocenters. The SMILES string of the molecule is COc1ccc(C(=O)C(F)(F)C(=O)C(F)(F)F)cc1OC. The second kappa shape index (κ2) is 5.66. The summed E-state index contributed by atoms with van der Waals surface area (Å²) in [4.78, 5) is 22.1. The predicted molar refractivity (Wildman–Crippen MR) is 59.9 cm³/mol. The van der Waals surface area contributed by atoms with Crippen LogP contribution in [0.25, 0.3) is 0 Å². The van der Waals surface area contributed by atoms with Crippen LogP contribution in [-0.2, 0) is 4.79 Å². The van der Waals surface area contributed by atoms with Gasteiger partial charge in [-0.1, -0.05) is 0 Å². The third-order valence-electron chi connectivity index (χ3n) is 2.47. The van der Waals surface area contributed by atoms with E-state index in [1.54, 1.807) is 0 Å². The second-order valence-corrected chi connectivity index (χ2v) is 3.80. The van der Waals surface area contributed by atoms with E-state index in [1.165, 1.54) is 7.11 Å². The van der Waals surface area contributed by atoms with Crippen LogP contribution < -0.4 is 9.47 Å². The summed E-state index contributed by atoms with van der Waals surface area (Å²) in [5.74, 6) is -11.0. The minimum atomic E-state index is -5.82. The monoisotopic (exact) mass is 312 g/mol. The molecule has 0 unspecified atom stereocenters. The number of rotatable bonds is 5. The molecule has 0 amide bonds. The molecule has 0 saturated heterocycles. The van der Waals surface area contributed by atoms with Crippen molar-refractivity contribution in [2.24, 2.45) is 0 Å². The van der Waals surface area contributed by atoms with Gasteiger partial charge in [-0.3, -0.25) is 9.59 Å². The Hall–Kier alpha value is -2.19. The van der Waals surface area contributed by atoms with Gasteiger partial charge < -0.3 is 9.47 Å². The molecule has 116 valence electrons. The largest absolute Gasteiger partial charge is 0.493 e. The van der Waals surface area contributed by atoms with Gasteiger partial charge in [0, 0.05) is 5.56 Å². The molecule has 0 saturated carbocycles. The minimum absolute atomic E-state index is 0.0829. The van der Waals surface area contributed by atoms with E-state index in [0.717, 1.165) is 25.3 Å². The van der Waals surface area contributed by atoms with Crippen molar-refractivity contribution >= 4 is 11.6 Å². The molecule has 0 fully saturated rings. The minimum Gasteiger partial charge on any atom is -0.493 e. The summed E-state index contributed by atoms with van der Waals surface area (Å²) in [5, 5.41) is 0. The Morgan fingerprint density at radius 1 is 0.952 bits per heavy atom. The van der Waals surface area contributed by atoms with E-state index < -0.39 is 29.2 Å². The summed E-state index contributed by atoms with van der Waals surface area (Å²) >= 11 is 0. The third kappa shape index (κ3) is 3.29. The predicted octanol–water partition coefficient (Wildman–Crippen LogP) is 2.65. The van der Waals surface area contributed by atoms with Gasteiger partial charge in [0.15, 0.2) is 11.5 Å². The highest BCUT2D eigenvalue weighted by molar-refractivity contribution is 6.17. The van der Waals surface area contributed by atoms with E-state index in [9.17, 15) is 31.5 Å². The molecule has 9 heteroatoms. The van der Waals surface area contributed by atoms with Gasteiger partial charge in [-0.15, -0.1) is 0 Å². The number of hydrogen-bond donors (Lipinski definition) is 0. The quantitative estimate of drug-likeness (QED) is 0.476. The van der Waals surface area contributed by atoms with Crippen LogP contribution >= 0.6 is 0 Å². The average Bonchev–Trinajstić information content (AvgIpc) is 2.43. The first-order valence-corrected chi connectivity index (χ1v) is 5.32. The molecule has 0 spiro atoms. The van der Waals surface area contributed by atoms with Crippen molar-refractivity contribution in [3.05, 3.63) is 23.8 Å². The van der Waals surface area contributed by atoms with E-state index in [0.29, 0.717) is 0 Å². The van der Waals surface area contributed by atoms with Crippen LogP contribution in [-0.4, -0.2) is 37.9 Å². The zero-order valence-electron chi connectivity index (χ0n) is 10.8. The van der Waals surface area contributed by atoms with Gasteiger partial charge in [0.2, 0.25) is 5.78 Å². The Morgan fingerprint density at radius 3 is 1.90 bits per heavy atom. The van der Waals surface area contributed by atoms with Gasteiger partial charge >= 0.3 is 17.9 Å². The fourth-order valence-corrected chi connectivity index (χ4v) is 1.44. The van der Waals surface area contributed by atoms with Crippen LogP contribution in [0.3, 0.4) is 0 Å². The van der Waals surface area contributed by atoms with E-state index in [4.69, 9.17) is 9.47 Å². The standard InChI is InChI=1S/C12H9F5O4/c1-20-7-4-3-6(5-8(7)21-2)9(18)11(13,14)10(19)12(15,16)17/h3-5H,1-2H3. The molecule has 0 aliphatic rings. The molecule has 1 rings (SSSR count). The van der Waals surface area contributed by atoms with Crippen LogP contribution in [0.15, 0.2) is 18.2 Å². The van der Waals surface area contributed by atoms with E-state index in [1.807, 2.05) is 0 Å². The van der Waals surface area contributed by atoms with E-state index in [2.05, 4.69) is 0 Å². The third-order valence-corrected chi connectivity index (χ3v) is 2.47. The smallest absolute Gasteiger partial charge is 0.456 e. The molecular formula is C12H9F5O4. The number of ether oxygens (including phenoxy) is 2. The van der Waals surface area contributed by atoms with Crippen LogP contribution in [0.2, 0.25) is 0 Å². The number of ketones is 2. The summed E-state index contributed by atoms with van der Waals surface area (Å²) < 4.78 is 72.3. The molecule has 0 heterocycles. The number of alkyl halides is 5. The van der Waals surface area contributed by atoms with Crippen molar-refractivity contribution in [1.82, 2.24) is 0 Å². The summed E-state index contributed by atoms with van der Waals surface area (Å²) in [5.41, 5.74) is -0.810. The summed E-state index contributed by atoms with van der Waals surface area (Å²) in [6.07, 6.45) is -5.82. The highest BCUT2D eigenvalue weighted by Crippen LogP contribution is 2.33. The summed E-state index contributed by atoms with van der Waals surface area (Å²) in [7, 11) is 2.38. The van der Waals surface area contributed by atoms with Crippen molar-refractivity contribution in [1.29, 1.82) is 0 Å². The maximum Gasteiger partial charge on any atom is 0.456 e. The van der Waals surface area contributed by atoms with Crippen molar-refractivity contribution in [3.8, 4) is 11.5 Å². The summed E-state index contributed by atoms with van der Waals surface area (Å²) in [6, 6.07) is 2.63. The second-order valence-electron chi connectivity index (χ2n) is 3.80. The van der Waals surface area contributed by atoms with Gasteiger partial charge in [0.25, 0.3) is 0 Å². The fourth-order valence-electron chi connectivity index (χ4n) is 1.44. The van der Waals surface area contributed by atoms with Crippen molar-refractivity contribution < 1.29 is 41.0 Å². The van der Waals surface area contributed by atoms with E-state index >= 15 is 0 Å². The molecule has 1 aromatic rings. The molecule has 21 heavy (non-hydrogen) atoms. The highest BCUT2D eigenvalue weighted by Gasteiger charge is 2.59. The molecule has 1 aromatic carbocycles. The molecule has 0 aliphatic heterocycles. The number of Topliss-reactive ketones (excluding diaryl/α,β-unsaturated/α-hetero) is 2. The van der Waals surface area contributed by atoms with Crippen LogP contribution in [0, 0.1) is 0 Å². The number of halogens is 5. The lowest BCUT2D eigenvalue weighted by Crippen LogP contribution is -2.45. The van der Waals surface area contributed by atoms with Crippen molar-refractivity contribution in [2.45, 2.75) is 12.1 Å². The van der Waals surface area contributed by atoms with Crippen LogP contribution in [0.1, 0.15) is 10.4 Å². The lowest BCUT2D eigenvalue weighted by Gasteiger charge is -2.16. The first-order chi connectivity index (χ1) is 9.55. The maximum absolute atomic E-state index is 13.3.